The molecule has 0 spiro atoms. The topological polar surface area (TPSA) is 86.9 Å². The minimum absolute atomic E-state index is 0.0795. The van der Waals surface area contributed by atoms with Crippen LogP contribution < -0.4 is 10.0 Å². The molecule has 104 valence electrons. The molecule has 6 nitrogen and oxygen atoms in total. The summed E-state index contributed by atoms with van der Waals surface area (Å²) in [6.45, 7) is 7.91. The van der Waals surface area contributed by atoms with Crippen LogP contribution in [0.15, 0.2) is 5.03 Å². The van der Waals surface area contributed by atoms with E-state index >= 15 is 0 Å². The summed E-state index contributed by atoms with van der Waals surface area (Å²) < 4.78 is 27.3. The fraction of sp³-hybridized carbons (Fsp3) is 0.727. The Morgan fingerprint density at radius 1 is 1.39 bits per heavy atom. The second-order valence-electron chi connectivity index (χ2n) is 5.01. The summed E-state index contributed by atoms with van der Waals surface area (Å²) in [5.41, 5.74) is 0.957. The van der Waals surface area contributed by atoms with Crippen LogP contribution in [0.3, 0.4) is 0 Å². The van der Waals surface area contributed by atoms with Gasteiger partial charge in [-0.3, -0.25) is 5.10 Å². The lowest BCUT2D eigenvalue weighted by molar-refractivity contribution is 0.438. The molecule has 1 aromatic rings. The van der Waals surface area contributed by atoms with Crippen LogP contribution in [0.2, 0.25) is 0 Å². The van der Waals surface area contributed by atoms with E-state index < -0.39 is 15.6 Å². The third-order valence-corrected chi connectivity index (χ3v) is 4.61. The van der Waals surface area contributed by atoms with E-state index in [1.54, 1.807) is 7.05 Å². The van der Waals surface area contributed by atoms with Crippen LogP contribution in [0.4, 0.5) is 0 Å². The van der Waals surface area contributed by atoms with Crippen LogP contribution in [-0.2, 0) is 16.6 Å². The van der Waals surface area contributed by atoms with Crippen molar-refractivity contribution in [3.8, 4) is 0 Å². The molecule has 1 aromatic heterocycles. The summed E-state index contributed by atoms with van der Waals surface area (Å²) in [6.07, 6.45) is 0.705. The maximum absolute atomic E-state index is 12.3. The summed E-state index contributed by atoms with van der Waals surface area (Å²) in [6, 6.07) is 0. The van der Waals surface area contributed by atoms with Gasteiger partial charge < -0.3 is 5.32 Å². The van der Waals surface area contributed by atoms with Crippen LogP contribution in [0, 0.1) is 6.92 Å². The number of hydrogen-bond donors (Lipinski definition) is 3. The van der Waals surface area contributed by atoms with Crippen molar-refractivity contribution in [1.82, 2.24) is 20.2 Å². The molecule has 1 rings (SSSR count). The van der Waals surface area contributed by atoms with Gasteiger partial charge >= 0.3 is 0 Å². The van der Waals surface area contributed by atoms with E-state index in [0.29, 0.717) is 18.5 Å². The lowest BCUT2D eigenvalue weighted by Gasteiger charge is -2.23. The molecule has 18 heavy (non-hydrogen) atoms. The van der Waals surface area contributed by atoms with Crippen molar-refractivity contribution in [2.75, 3.05) is 7.05 Å². The van der Waals surface area contributed by atoms with Gasteiger partial charge in [0.2, 0.25) is 0 Å². The first-order valence-electron chi connectivity index (χ1n) is 5.96. The molecule has 1 heterocycles. The predicted octanol–water partition coefficient (Wildman–Crippen LogP) is 0.904. The van der Waals surface area contributed by atoms with Crippen molar-refractivity contribution < 1.29 is 8.42 Å². The number of H-pyrrole nitrogens is 1. The van der Waals surface area contributed by atoms with Gasteiger partial charge in [-0.15, -0.1) is 0 Å². The Morgan fingerprint density at radius 2 is 2.00 bits per heavy atom. The fourth-order valence-electron chi connectivity index (χ4n) is 1.52. The largest absolute Gasteiger partial charge is 0.316 e. The maximum Gasteiger partial charge on any atom is 0.260 e. The molecule has 0 radical (unpaired) electrons. The van der Waals surface area contributed by atoms with Gasteiger partial charge in [-0.05, 0) is 34.2 Å². The van der Waals surface area contributed by atoms with Crippen molar-refractivity contribution in [3.05, 3.63) is 11.3 Å². The maximum atomic E-state index is 12.3. The molecule has 3 N–H and O–H groups in total. The van der Waals surface area contributed by atoms with Gasteiger partial charge in [0.1, 0.15) is 0 Å². The minimum Gasteiger partial charge on any atom is -0.316 e. The van der Waals surface area contributed by atoms with Crippen LogP contribution in [0.5, 0.6) is 0 Å². The van der Waals surface area contributed by atoms with Gasteiger partial charge in [0.15, 0.2) is 5.03 Å². The van der Waals surface area contributed by atoms with Crippen LogP contribution in [0.1, 0.15) is 38.4 Å². The highest BCUT2D eigenvalue weighted by Gasteiger charge is 2.29. The summed E-state index contributed by atoms with van der Waals surface area (Å²) in [7, 11) is -1.82. The highest BCUT2D eigenvalue weighted by atomic mass is 32.2. The van der Waals surface area contributed by atoms with Gasteiger partial charge in [-0.1, -0.05) is 6.92 Å². The first-order chi connectivity index (χ1) is 8.23. The molecule has 0 atom stereocenters. The van der Waals surface area contributed by atoms with Crippen LogP contribution in [-0.4, -0.2) is 31.2 Å². The zero-order valence-corrected chi connectivity index (χ0v) is 12.4. The number of aryl methyl sites for hydroxylation is 1. The molecular weight excluding hydrogens is 252 g/mol. The average Bonchev–Trinajstić information content (AvgIpc) is 2.61. The number of nitrogens with one attached hydrogen (secondary N) is 3. The lowest BCUT2D eigenvalue weighted by Crippen LogP contribution is -2.43. The molecule has 7 heteroatoms. The van der Waals surface area contributed by atoms with E-state index in [1.807, 2.05) is 27.7 Å². The second-order valence-corrected chi connectivity index (χ2v) is 6.60. The van der Waals surface area contributed by atoms with E-state index in [2.05, 4.69) is 20.2 Å². The molecule has 0 aliphatic heterocycles. The number of aromatic nitrogens is 2. The predicted molar refractivity (Wildman–Crippen MR) is 70.8 cm³/mol. The highest BCUT2D eigenvalue weighted by molar-refractivity contribution is 7.89. The standard InChI is InChI=1S/C11H22N4O2S/c1-6-11(3,4)15-18(16,17)10-9(7-12-5)8(2)13-14-10/h12,15H,6-7H2,1-5H3,(H,13,14). The molecule has 0 saturated carbocycles. The first-order valence-corrected chi connectivity index (χ1v) is 7.44. The number of aromatic amines is 1. The third-order valence-electron chi connectivity index (χ3n) is 2.94. The van der Waals surface area contributed by atoms with Crippen molar-refractivity contribution in [2.45, 2.75) is 51.2 Å². The van der Waals surface area contributed by atoms with E-state index in [-0.39, 0.29) is 5.03 Å². The summed E-state index contributed by atoms with van der Waals surface area (Å²) in [4.78, 5) is 0. The fourth-order valence-corrected chi connectivity index (χ4v) is 3.21. The Labute approximate surface area is 109 Å². The Balaban J connectivity index is 3.13. The van der Waals surface area contributed by atoms with E-state index in [4.69, 9.17) is 0 Å². The summed E-state index contributed by atoms with van der Waals surface area (Å²) in [5.74, 6) is 0. The van der Waals surface area contributed by atoms with Crippen molar-refractivity contribution in [3.63, 3.8) is 0 Å². The van der Waals surface area contributed by atoms with Crippen molar-refractivity contribution >= 4 is 10.0 Å². The van der Waals surface area contributed by atoms with Gasteiger partial charge in [-0.25, -0.2) is 13.1 Å². The monoisotopic (exact) mass is 274 g/mol. The minimum atomic E-state index is -3.59. The average molecular weight is 274 g/mol. The third kappa shape index (κ3) is 3.30. The van der Waals surface area contributed by atoms with Gasteiger partial charge in [0.05, 0.1) is 0 Å². The van der Waals surface area contributed by atoms with Crippen LogP contribution in [0.25, 0.3) is 0 Å². The van der Waals surface area contributed by atoms with Gasteiger partial charge in [0, 0.05) is 23.3 Å². The number of hydrogen-bond acceptors (Lipinski definition) is 4. The number of sulfonamides is 1. The second kappa shape index (κ2) is 5.38. The molecule has 0 bridgehead atoms. The lowest BCUT2D eigenvalue weighted by atomic mass is 10.0. The van der Waals surface area contributed by atoms with E-state index in [0.717, 1.165) is 5.69 Å². The van der Waals surface area contributed by atoms with Crippen molar-refractivity contribution in [2.24, 2.45) is 0 Å². The van der Waals surface area contributed by atoms with E-state index in [1.165, 1.54) is 0 Å². The SMILES string of the molecule is CCC(C)(C)NS(=O)(=O)c1n[nH]c(C)c1CNC. The molecule has 0 amide bonds. The molecular formula is C11H22N4O2S. The smallest absolute Gasteiger partial charge is 0.260 e. The Morgan fingerprint density at radius 3 is 2.50 bits per heavy atom. The molecule has 0 aliphatic rings. The molecule has 0 fully saturated rings. The highest BCUT2D eigenvalue weighted by Crippen LogP contribution is 2.19. The molecule has 0 saturated heterocycles. The van der Waals surface area contributed by atoms with Gasteiger partial charge in [0.25, 0.3) is 10.0 Å². The van der Waals surface area contributed by atoms with Crippen LogP contribution >= 0.6 is 0 Å². The van der Waals surface area contributed by atoms with E-state index in [9.17, 15) is 8.42 Å². The quantitative estimate of drug-likeness (QED) is 0.719. The Hall–Kier alpha value is -0.920. The normalized spacial score (nSPS) is 12.9. The molecule has 0 aliphatic carbocycles. The van der Waals surface area contributed by atoms with Gasteiger partial charge in [-0.2, -0.15) is 5.10 Å². The number of nitrogens with zero attached hydrogens (tertiary/aromatic N) is 1. The number of rotatable bonds is 6. The Bertz CT molecular complexity index is 505. The van der Waals surface area contributed by atoms with Crippen molar-refractivity contribution in [1.29, 1.82) is 0 Å². The zero-order chi connectivity index (χ0) is 14.0. The molecule has 0 aromatic carbocycles. The molecule has 0 unspecified atom stereocenters. The zero-order valence-electron chi connectivity index (χ0n) is 11.6. The Kier molecular flexibility index (Phi) is 4.52. The first kappa shape index (κ1) is 15.1. The summed E-state index contributed by atoms with van der Waals surface area (Å²) in [5, 5.41) is 9.66. The summed E-state index contributed by atoms with van der Waals surface area (Å²) >= 11 is 0.